The molecule has 0 saturated heterocycles. The van der Waals surface area contributed by atoms with Gasteiger partial charge in [-0.05, 0) is 29.8 Å². The average Bonchev–Trinajstić information content (AvgIpc) is 3.03. The fourth-order valence-corrected chi connectivity index (χ4v) is 3.64. The van der Waals surface area contributed by atoms with Crippen LogP contribution in [0.15, 0.2) is 58.6 Å². The summed E-state index contributed by atoms with van der Waals surface area (Å²) in [4.78, 5) is 10.6. The average molecular weight is 422 g/mol. The Morgan fingerprint density at radius 3 is 2.41 bits per heavy atom. The number of aromatic nitrogens is 3. The monoisotopic (exact) mass is 422 g/mol. The zero-order valence-electron chi connectivity index (χ0n) is 15.6. The number of nitro groups is 1. The van der Waals surface area contributed by atoms with Gasteiger partial charge in [0.25, 0.3) is 5.69 Å². The summed E-state index contributed by atoms with van der Waals surface area (Å²) in [7, 11) is 0. The van der Waals surface area contributed by atoms with Crippen molar-refractivity contribution in [1.29, 1.82) is 0 Å². The van der Waals surface area contributed by atoms with Crippen LogP contribution in [0, 0.1) is 16.0 Å². The highest BCUT2D eigenvalue weighted by Gasteiger charge is 2.33. The molecule has 0 fully saturated rings. The van der Waals surface area contributed by atoms with Crippen LogP contribution in [0.3, 0.4) is 0 Å². The fourth-order valence-electron chi connectivity index (χ4n) is 2.72. The molecule has 10 heteroatoms. The minimum atomic E-state index is -4.66. The Morgan fingerprint density at radius 1 is 1.14 bits per heavy atom. The molecule has 0 saturated carbocycles. The van der Waals surface area contributed by atoms with Crippen molar-refractivity contribution >= 4 is 17.4 Å². The third-order valence-corrected chi connectivity index (χ3v) is 5.03. The van der Waals surface area contributed by atoms with E-state index >= 15 is 0 Å². The van der Waals surface area contributed by atoms with E-state index in [1.807, 2.05) is 48.7 Å². The van der Waals surface area contributed by atoms with E-state index in [1.165, 1.54) is 0 Å². The molecule has 0 aliphatic heterocycles. The van der Waals surface area contributed by atoms with E-state index in [1.54, 1.807) is 0 Å². The molecule has 6 nitrogen and oxygen atoms in total. The van der Waals surface area contributed by atoms with Crippen molar-refractivity contribution in [3.05, 3.63) is 64.2 Å². The first-order valence-electron chi connectivity index (χ1n) is 8.69. The van der Waals surface area contributed by atoms with E-state index in [0.29, 0.717) is 23.6 Å². The second-order valence-electron chi connectivity index (χ2n) is 6.72. The van der Waals surface area contributed by atoms with Crippen LogP contribution in [0.25, 0.3) is 11.4 Å². The molecule has 0 amide bonds. The summed E-state index contributed by atoms with van der Waals surface area (Å²) in [6.45, 7) is 4.56. The molecule has 3 aromatic rings. The predicted molar refractivity (Wildman–Crippen MR) is 103 cm³/mol. The van der Waals surface area contributed by atoms with Gasteiger partial charge in [0.2, 0.25) is 0 Å². The first-order chi connectivity index (χ1) is 13.7. The maximum atomic E-state index is 12.9. The zero-order chi connectivity index (χ0) is 21.2. The van der Waals surface area contributed by atoms with Gasteiger partial charge in [0, 0.05) is 18.2 Å². The summed E-state index contributed by atoms with van der Waals surface area (Å²) < 4.78 is 40.6. The summed E-state index contributed by atoms with van der Waals surface area (Å²) >= 11 is 0.926. The number of hydrogen-bond donors (Lipinski definition) is 0. The zero-order valence-corrected chi connectivity index (χ0v) is 16.4. The smallest absolute Gasteiger partial charge is 0.302 e. The first-order valence-corrected chi connectivity index (χ1v) is 9.50. The molecule has 1 heterocycles. The lowest BCUT2D eigenvalue weighted by atomic mass is 10.2. The lowest BCUT2D eigenvalue weighted by molar-refractivity contribution is -0.388. The number of benzene rings is 2. The highest BCUT2D eigenvalue weighted by atomic mass is 32.2. The van der Waals surface area contributed by atoms with Gasteiger partial charge in [-0.2, -0.15) is 13.2 Å². The van der Waals surface area contributed by atoms with Crippen LogP contribution in [-0.4, -0.2) is 19.7 Å². The largest absolute Gasteiger partial charge is 0.416 e. The van der Waals surface area contributed by atoms with Crippen LogP contribution in [0.2, 0.25) is 0 Å². The van der Waals surface area contributed by atoms with Crippen LogP contribution in [-0.2, 0) is 12.7 Å². The molecule has 0 bridgehead atoms. The van der Waals surface area contributed by atoms with E-state index < -0.39 is 22.4 Å². The molecular formula is C19H17F3N4O2S. The number of hydrogen-bond acceptors (Lipinski definition) is 5. The van der Waals surface area contributed by atoms with Crippen molar-refractivity contribution in [3.8, 4) is 11.4 Å². The SMILES string of the molecule is CC(C)Cn1c(Sc2ccc(C(F)(F)F)cc2[N+](=O)[O-])nnc1-c1ccccc1. The van der Waals surface area contributed by atoms with Gasteiger partial charge in [0.05, 0.1) is 15.4 Å². The molecular weight excluding hydrogens is 405 g/mol. The molecule has 1 aromatic heterocycles. The quantitative estimate of drug-likeness (QED) is 0.377. The lowest BCUT2D eigenvalue weighted by Crippen LogP contribution is -2.08. The number of nitrogens with zero attached hydrogens (tertiary/aromatic N) is 4. The Morgan fingerprint density at radius 2 is 1.83 bits per heavy atom. The molecule has 2 aromatic carbocycles. The van der Waals surface area contributed by atoms with Gasteiger partial charge in [0.1, 0.15) is 0 Å². The van der Waals surface area contributed by atoms with E-state index in [-0.39, 0.29) is 10.8 Å². The minimum Gasteiger partial charge on any atom is -0.302 e. The first kappa shape index (κ1) is 20.8. The highest BCUT2D eigenvalue weighted by Crippen LogP contribution is 2.39. The molecule has 0 spiro atoms. The van der Waals surface area contributed by atoms with Crippen LogP contribution in [0.1, 0.15) is 19.4 Å². The number of halogens is 3. The lowest BCUT2D eigenvalue weighted by Gasteiger charge is -2.13. The molecule has 152 valence electrons. The molecule has 0 atom stereocenters. The number of alkyl halides is 3. The van der Waals surface area contributed by atoms with Gasteiger partial charge in [-0.15, -0.1) is 10.2 Å². The minimum absolute atomic E-state index is 0.0695. The summed E-state index contributed by atoms with van der Waals surface area (Å²) in [5.41, 5.74) is -0.859. The van der Waals surface area contributed by atoms with Crippen LogP contribution < -0.4 is 0 Å². The predicted octanol–water partition coefficient (Wildman–Crippen LogP) is 5.68. The summed E-state index contributed by atoms with van der Waals surface area (Å²) in [5, 5.41) is 20.1. The van der Waals surface area contributed by atoms with Gasteiger partial charge in [0.15, 0.2) is 11.0 Å². The van der Waals surface area contributed by atoms with Crippen molar-refractivity contribution in [2.75, 3.05) is 0 Å². The summed E-state index contributed by atoms with van der Waals surface area (Å²) in [6.07, 6.45) is -4.66. The number of nitro benzene ring substituents is 1. The van der Waals surface area contributed by atoms with Crippen molar-refractivity contribution in [1.82, 2.24) is 14.8 Å². The van der Waals surface area contributed by atoms with Crippen molar-refractivity contribution in [2.45, 2.75) is 36.6 Å². The Hall–Kier alpha value is -2.88. The molecule has 0 radical (unpaired) electrons. The van der Waals surface area contributed by atoms with E-state index in [2.05, 4.69) is 10.2 Å². The van der Waals surface area contributed by atoms with E-state index in [0.717, 1.165) is 29.5 Å². The van der Waals surface area contributed by atoms with Crippen LogP contribution in [0.4, 0.5) is 18.9 Å². The topological polar surface area (TPSA) is 73.8 Å². The van der Waals surface area contributed by atoms with Gasteiger partial charge < -0.3 is 4.57 Å². The Bertz CT molecular complexity index is 1020. The molecule has 0 N–H and O–H groups in total. The third kappa shape index (κ3) is 4.76. The maximum absolute atomic E-state index is 12.9. The Kier molecular flexibility index (Phi) is 5.92. The Balaban J connectivity index is 2.04. The standard InChI is InChI=1S/C19H17F3N4O2S/c1-12(2)11-25-17(13-6-4-3-5-7-13)23-24-18(25)29-16-9-8-14(19(20,21)22)10-15(16)26(27)28/h3-10,12H,11H2,1-2H3. The maximum Gasteiger partial charge on any atom is 0.416 e. The molecule has 0 aliphatic carbocycles. The van der Waals surface area contributed by atoms with Crippen molar-refractivity contribution in [2.24, 2.45) is 5.92 Å². The van der Waals surface area contributed by atoms with Gasteiger partial charge in [-0.1, -0.05) is 44.2 Å². The molecule has 3 rings (SSSR count). The second kappa shape index (κ2) is 8.24. The summed E-state index contributed by atoms with van der Waals surface area (Å²) in [6, 6.07) is 11.8. The normalized spacial score (nSPS) is 11.8. The van der Waals surface area contributed by atoms with Gasteiger partial charge in [-0.25, -0.2) is 0 Å². The van der Waals surface area contributed by atoms with Crippen molar-refractivity contribution in [3.63, 3.8) is 0 Å². The third-order valence-electron chi connectivity index (χ3n) is 3.98. The Labute approximate surface area is 168 Å². The number of rotatable bonds is 6. The molecule has 0 aliphatic rings. The van der Waals surface area contributed by atoms with Crippen LogP contribution >= 0.6 is 11.8 Å². The second-order valence-corrected chi connectivity index (χ2v) is 7.73. The van der Waals surface area contributed by atoms with Crippen molar-refractivity contribution < 1.29 is 18.1 Å². The molecule has 29 heavy (non-hydrogen) atoms. The van der Waals surface area contributed by atoms with Gasteiger partial charge >= 0.3 is 6.18 Å². The van der Waals surface area contributed by atoms with Gasteiger partial charge in [-0.3, -0.25) is 10.1 Å². The summed E-state index contributed by atoms with van der Waals surface area (Å²) in [5.74, 6) is 0.826. The highest BCUT2D eigenvalue weighted by molar-refractivity contribution is 7.99. The van der Waals surface area contributed by atoms with E-state index in [4.69, 9.17) is 0 Å². The van der Waals surface area contributed by atoms with E-state index in [9.17, 15) is 23.3 Å². The van der Waals surface area contributed by atoms with Crippen LogP contribution in [0.5, 0.6) is 0 Å². The fraction of sp³-hybridized carbons (Fsp3) is 0.263. The molecule has 0 unspecified atom stereocenters.